The Morgan fingerprint density at radius 3 is 2.59 bits per heavy atom. The Labute approximate surface area is 186 Å². The van der Waals surface area contributed by atoms with Crippen LogP contribution in [0.25, 0.3) is 11.4 Å². The zero-order chi connectivity index (χ0) is 23.2. The molecule has 1 atom stereocenters. The van der Waals surface area contributed by atoms with Crippen molar-refractivity contribution in [3.05, 3.63) is 64.5 Å². The van der Waals surface area contributed by atoms with E-state index >= 15 is 0 Å². The number of aryl methyl sites for hydroxylation is 3. The molecule has 168 valence electrons. The van der Waals surface area contributed by atoms with Gasteiger partial charge in [-0.05, 0) is 71.6 Å². The molecule has 8 heteroatoms. The number of likely N-dealkylation sites (tertiary alicyclic amines) is 1. The van der Waals surface area contributed by atoms with E-state index in [4.69, 9.17) is 4.42 Å². The molecule has 0 spiro atoms. The number of imidazole rings is 1. The topological polar surface area (TPSA) is 91.3 Å². The first kappa shape index (κ1) is 21.8. The fourth-order valence-electron chi connectivity index (χ4n) is 4.29. The van der Waals surface area contributed by atoms with Gasteiger partial charge < -0.3 is 19.3 Å². The minimum absolute atomic E-state index is 0.0283. The number of ketones is 1. The number of aromatic nitrogens is 2. The lowest BCUT2D eigenvalue weighted by molar-refractivity contribution is -0.140. The van der Waals surface area contributed by atoms with E-state index in [0.717, 1.165) is 12.1 Å². The van der Waals surface area contributed by atoms with Crippen LogP contribution in [0.15, 0.2) is 40.5 Å². The van der Waals surface area contributed by atoms with Crippen LogP contribution >= 0.6 is 0 Å². The van der Waals surface area contributed by atoms with Crippen molar-refractivity contribution in [2.45, 2.75) is 33.2 Å². The van der Waals surface area contributed by atoms with Gasteiger partial charge in [0.2, 0.25) is 0 Å². The van der Waals surface area contributed by atoms with E-state index in [-0.39, 0.29) is 11.3 Å². The van der Waals surface area contributed by atoms with Gasteiger partial charge >= 0.3 is 0 Å². The Morgan fingerprint density at radius 1 is 1.19 bits per heavy atom. The third kappa shape index (κ3) is 3.60. The van der Waals surface area contributed by atoms with Gasteiger partial charge in [0.25, 0.3) is 11.7 Å². The molecule has 3 aromatic rings. The minimum atomic E-state index is -0.791. The van der Waals surface area contributed by atoms with E-state index in [1.165, 1.54) is 4.90 Å². The van der Waals surface area contributed by atoms with E-state index in [2.05, 4.69) is 4.98 Å². The highest BCUT2D eigenvalue weighted by Crippen LogP contribution is 2.40. The molecule has 0 bridgehead atoms. The maximum absolute atomic E-state index is 13.2. The third-order valence-corrected chi connectivity index (χ3v) is 5.82. The van der Waals surface area contributed by atoms with Gasteiger partial charge in [0, 0.05) is 12.7 Å². The molecule has 0 radical (unpaired) electrons. The monoisotopic (exact) mass is 436 g/mol. The van der Waals surface area contributed by atoms with Crippen LogP contribution in [-0.4, -0.2) is 63.2 Å². The average Bonchev–Trinajstić information content (AvgIpc) is 3.37. The molecule has 1 amide bonds. The molecule has 1 aliphatic rings. The summed E-state index contributed by atoms with van der Waals surface area (Å²) >= 11 is 0. The van der Waals surface area contributed by atoms with E-state index in [0.29, 0.717) is 41.5 Å². The van der Waals surface area contributed by atoms with Gasteiger partial charge in [-0.2, -0.15) is 0 Å². The summed E-state index contributed by atoms with van der Waals surface area (Å²) in [4.78, 5) is 34.3. The van der Waals surface area contributed by atoms with Crippen LogP contribution in [0.5, 0.6) is 0 Å². The number of pyridine rings is 1. The number of furan rings is 1. The SMILES string of the molecule is Cc1ccc(C2/C(=C(/O)c3c(C)nc4c(C)cccn34)C(=O)C(=O)N2CCCN(C)C)o1. The van der Waals surface area contributed by atoms with Gasteiger partial charge in [-0.15, -0.1) is 0 Å². The maximum Gasteiger partial charge on any atom is 0.295 e. The van der Waals surface area contributed by atoms with E-state index in [9.17, 15) is 14.7 Å². The molecule has 1 aliphatic heterocycles. The van der Waals surface area contributed by atoms with Crippen LogP contribution < -0.4 is 0 Å². The second-order valence-electron chi connectivity index (χ2n) is 8.53. The van der Waals surface area contributed by atoms with E-state index < -0.39 is 17.7 Å². The van der Waals surface area contributed by atoms with Crippen molar-refractivity contribution < 1.29 is 19.1 Å². The number of hydrogen-bond acceptors (Lipinski definition) is 6. The second-order valence-corrected chi connectivity index (χ2v) is 8.53. The number of fused-ring (bicyclic) bond motifs is 1. The number of rotatable bonds is 6. The third-order valence-electron chi connectivity index (χ3n) is 5.82. The number of hydrogen-bond donors (Lipinski definition) is 1. The summed E-state index contributed by atoms with van der Waals surface area (Å²) in [5.74, 6) is -0.468. The van der Waals surface area contributed by atoms with Gasteiger partial charge in [0.15, 0.2) is 5.76 Å². The van der Waals surface area contributed by atoms with Crippen molar-refractivity contribution >= 4 is 23.1 Å². The summed E-state index contributed by atoms with van der Waals surface area (Å²) in [7, 11) is 3.91. The molecule has 0 saturated carbocycles. The molecule has 1 fully saturated rings. The summed E-state index contributed by atoms with van der Waals surface area (Å²) in [6.07, 6.45) is 2.47. The largest absolute Gasteiger partial charge is 0.505 e. The number of aliphatic hydroxyl groups excluding tert-OH is 1. The quantitative estimate of drug-likeness (QED) is 0.362. The summed E-state index contributed by atoms with van der Waals surface area (Å²) in [5, 5.41) is 11.4. The highest BCUT2D eigenvalue weighted by atomic mass is 16.3. The summed E-state index contributed by atoms with van der Waals surface area (Å²) in [6, 6.07) is 6.54. The molecule has 3 aromatic heterocycles. The Kier molecular flexibility index (Phi) is 5.64. The summed E-state index contributed by atoms with van der Waals surface area (Å²) < 4.78 is 7.59. The molecule has 8 nitrogen and oxygen atoms in total. The van der Waals surface area contributed by atoms with Crippen molar-refractivity contribution in [1.29, 1.82) is 0 Å². The Balaban J connectivity index is 1.88. The van der Waals surface area contributed by atoms with Crippen molar-refractivity contribution in [1.82, 2.24) is 19.2 Å². The minimum Gasteiger partial charge on any atom is -0.505 e. The van der Waals surface area contributed by atoms with Crippen LogP contribution in [0, 0.1) is 20.8 Å². The van der Waals surface area contributed by atoms with Crippen molar-refractivity contribution in [3.63, 3.8) is 0 Å². The second kappa shape index (κ2) is 8.27. The number of Topliss-reactive ketones (excluding diaryl/α,β-unsaturated/α-hetero) is 1. The number of carbonyl (C=O) groups excluding carboxylic acids is 2. The molecule has 1 saturated heterocycles. The summed E-state index contributed by atoms with van der Waals surface area (Å²) in [5.41, 5.74) is 2.64. The molecule has 1 unspecified atom stereocenters. The highest BCUT2D eigenvalue weighted by molar-refractivity contribution is 6.46. The Morgan fingerprint density at radius 2 is 1.94 bits per heavy atom. The Bertz CT molecular complexity index is 1230. The van der Waals surface area contributed by atoms with Crippen LogP contribution in [0.4, 0.5) is 0 Å². The van der Waals surface area contributed by atoms with Crippen LogP contribution in [-0.2, 0) is 9.59 Å². The number of aliphatic hydroxyl groups is 1. The van der Waals surface area contributed by atoms with Crippen molar-refractivity contribution in [3.8, 4) is 0 Å². The fourth-order valence-corrected chi connectivity index (χ4v) is 4.29. The molecular formula is C24H28N4O4. The standard InChI is InChI=1S/C24H28N4O4/c1-14-8-6-12-27-19(16(3)25-23(14)27)21(29)18-20(17-10-9-15(2)32-17)28(24(31)22(18)30)13-7-11-26(4)5/h6,8-10,12,20,29H,7,11,13H2,1-5H3/b21-18-. The zero-order valence-corrected chi connectivity index (χ0v) is 19.0. The molecular weight excluding hydrogens is 408 g/mol. The smallest absolute Gasteiger partial charge is 0.295 e. The lowest BCUT2D eigenvalue weighted by Crippen LogP contribution is -2.32. The first-order valence-corrected chi connectivity index (χ1v) is 10.6. The average molecular weight is 437 g/mol. The van der Waals surface area contributed by atoms with Gasteiger partial charge in [-0.25, -0.2) is 4.98 Å². The molecule has 4 rings (SSSR count). The van der Waals surface area contributed by atoms with E-state index in [1.807, 2.05) is 38.1 Å². The lowest BCUT2D eigenvalue weighted by Gasteiger charge is -2.24. The molecule has 0 aromatic carbocycles. The van der Waals surface area contributed by atoms with Gasteiger partial charge in [0.05, 0.1) is 11.3 Å². The van der Waals surface area contributed by atoms with Gasteiger partial charge in [-0.1, -0.05) is 6.07 Å². The maximum atomic E-state index is 13.2. The first-order valence-electron chi connectivity index (χ1n) is 10.6. The molecule has 1 N–H and O–H groups in total. The van der Waals surface area contributed by atoms with Gasteiger partial charge in [0.1, 0.15) is 28.9 Å². The molecule has 4 heterocycles. The lowest BCUT2D eigenvalue weighted by atomic mass is 10.0. The van der Waals surface area contributed by atoms with Gasteiger partial charge in [-0.3, -0.25) is 14.0 Å². The first-order chi connectivity index (χ1) is 15.2. The van der Waals surface area contributed by atoms with Crippen molar-refractivity contribution in [2.24, 2.45) is 0 Å². The Hall–Kier alpha value is -3.39. The fraction of sp³-hybridized carbons (Fsp3) is 0.375. The molecule has 0 aliphatic carbocycles. The molecule has 32 heavy (non-hydrogen) atoms. The van der Waals surface area contributed by atoms with Crippen LogP contribution in [0.2, 0.25) is 0 Å². The number of nitrogens with zero attached hydrogens (tertiary/aromatic N) is 4. The van der Waals surface area contributed by atoms with Crippen LogP contribution in [0.3, 0.4) is 0 Å². The predicted octanol–water partition coefficient (Wildman–Crippen LogP) is 3.23. The van der Waals surface area contributed by atoms with Crippen LogP contribution in [0.1, 0.15) is 40.9 Å². The predicted molar refractivity (Wildman–Crippen MR) is 120 cm³/mol. The zero-order valence-electron chi connectivity index (χ0n) is 19.0. The summed E-state index contributed by atoms with van der Waals surface area (Å²) in [6.45, 7) is 6.65. The number of amides is 1. The van der Waals surface area contributed by atoms with Crippen molar-refractivity contribution in [2.75, 3.05) is 27.2 Å². The highest BCUT2D eigenvalue weighted by Gasteiger charge is 2.47. The normalized spacial score (nSPS) is 18.4. The van der Waals surface area contributed by atoms with E-state index in [1.54, 1.807) is 36.6 Å². The number of carbonyl (C=O) groups is 2.